The van der Waals surface area contributed by atoms with Crippen LogP contribution in [0.15, 0.2) is 24.3 Å². The molecular formula is C16H24ClN3O2. The molecular weight excluding hydrogens is 302 g/mol. The third-order valence-corrected chi connectivity index (χ3v) is 4.56. The molecule has 0 atom stereocenters. The van der Waals surface area contributed by atoms with Crippen molar-refractivity contribution in [2.24, 2.45) is 5.92 Å². The second-order valence-electron chi connectivity index (χ2n) is 6.29. The van der Waals surface area contributed by atoms with E-state index in [9.17, 15) is 10.1 Å². The van der Waals surface area contributed by atoms with Crippen LogP contribution in [0.1, 0.15) is 31.2 Å². The molecule has 0 bridgehead atoms. The summed E-state index contributed by atoms with van der Waals surface area (Å²) < 4.78 is 0. The van der Waals surface area contributed by atoms with Crippen LogP contribution < -0.4 is 5.32 Å². The quantitative estimate of drug-likeness (QED) is 0.645. The van der Waals surface area contributed by atoms with E-state index < -0.39 is 0 Å². The number of piperidine rings is 1. The Labute approximate surface area is 137 Å². The number of nitro benzene ring substituents is 1. The Bertz CT molecular complexity index is 500. The molecule has 0 aromatic heterocycles. The van der Waals surface area contributed by atoms with Gasteiger partial charge in [0.1, 0.15) is 0 Å². The lowest BCUT2D eigenvalue weighted by Crippen LogP contribution is -2.42. The Hall–Kier alpha value is -1.17. The van der Waals surface area contributed by atoms with Crippen LogP contribution in [0.25, 0.3) is 0 Å². The van der Waals surface area contributed by atoms with Gasteiger partial charge in [-0.1, -0.05) is 18.2 Å². The first-order valence-corrected chi connectivity index (χ1v) is 7.90. The lowest BCUT2D eigenvalue weighted by Gasteiger charge is -2.32. The molecule has 0 amide bonds. The normalized spacial score (nSPS) is 19.6. The van der Waals surface area contributed by atoms with Gasteiger partial charge in [0.2, 0.25) is 0 Å². The summed E-state index contributed by atoms with van der Waals surface area (Å²) in [7, 11) is 0. The molecule has 2 fully saturated rings. The highest BCUT2D eigenvalue weighted by Gasteiger charge is 2.25. The lowest BCUT2D eigenvalue weighted by molar-refractivity contribution is -0.385. The Morgan fingerprint density at radius 2 is 1.86 bits per heavy atom. The van der Waals surface area contributed by atoms with Gasteiger partial charge < -0.3 is 5.32 Å². The molecule has 5 nitrogen and oxygen atoms in total. The van der Waals surface area contributed by atoms with Crippen LogP contribution in [0.5, 0.6) is 0 Å². The molecule has 22 heavy (non-hydrogen) atoms. The maximum absolute atomic E-state index is 11.0. The third kappa shape index (κ3) is 4.66. The summed E-state index contributed by atoms with van der Waals surface area (Å²) in [6, 6.07) is 7.71. The zero-order valence-electron chi connectivity index (χ0n) is 12.7. The fourth-order valence-corrected chi connectivity index (χ4v) is 3.01. The van der Waals surface area contributed by atoms with Crippen molar-refractivity contribution in [3.05, 3.63) is 39.9 Å². The number of nitrogens with zero attached hydrogens (tertiary/aromatic N) is 2. The molecule has 3 rings (SSSR count). The standard InChI is InChI=1S/C16H23N3O2.ClH/c20-19(21)16-4-2-1-3-14(16)12-18-9-7-15(8-10-18)17-11-13-5-6-13;/h1-4,13,15,17H,5-12H2;1H. The van der Waals surface area contributed by atoms with Gasteiger partial charge in [0.05, 0.1) is 4.92 Å². The SMILES string of the molecule is Cl.O=[N+]([O-])c1ccccc1CN1CCC(NCC2CC2)CC1. The van der Waals surface area contributed by atoms with Gasteiger partial charge >= 0.3 is 0 Å². The zero-order chi connectivity index (χ0) is 14.7. The van der Waals surface area contributed by atoms with Crippen LogP contribution in [0.3, 0.4) is 0 Å². The predicted molar refractivity (Wildman–Crippen MR) is 89.4 cm³/mol. The highest BCUT2D eigenvalue weighted by molar-refractivity contribution is 5.85. The van der Waals surface area contributed by atoms with Crippen LogP contribution in [-0.2, 0) is 6.54 Å². The summed E-state index contributed by atoms with van der Waals surface area (Å²) in [6.07, 6.45) is 5.08. The lowest BCUT2D eigenvalue weighted by atomic mass is 10.0. The van der Waals surface area contributed by atoms with E-state index in [-0.39, 0.29) is 23.0 Å². The average molecular weight is 326 g/mol. The van der Waals surface area contributed by atoms with E-state index in [0.717, 1.165) is 37.4 Å². The van der Waals surface area contributed by atoms with Gasteiger partial charge in [-0.25, -0.2) is 0 Å². The van der Waals surface area contributed by atoms with E-state index in [0.29, 0.717) is 12.6 Å². The Kier molecular flexibility index (Phi) is 6.17. The molecule has 1 aromatic carbocycles. The molecule has 1 saturated heterocycles. The van der Waals surface area contributed by atoms with Crippen molar-refractivity contribution in [2.45, 2.75) is 38.3 Å². The first-order valence-electron chi connectivity index (χ1n) is 7.90. The monoisotopic (exact) mass is 325 g/mol. The molecule has 0 radical (unpaired) electrons. The van der Waals surface area contributed by atoms with Crippen molar-refractivity contribution in [3.8, 4) is 0 Å². The summed E-state index contributed by atoms with van der Waals surface area (Å²) in [6.45, 7) is 3.91. The van der Waals surface area contributed by atoms with Crippen molar-refractivity contribution in [2.75, 3.05) is 19.6 Å². The van der Waals surface area contributed by atoms with Gasteiger partial charge in [-0.2, -0.15) is 0 Å². The van der Waals surface area contributed by atoms with E-state index in [1.54, 1.807) is 12.1 Å². The topological polar surface area (TPSA) is 58.4 Å². The van der Waals surface area contributed by atoms with Crippen LogP contribution in [0, 0.1) is 16.0 Å². The average Bonchev–Trinajstić information content (AvgIpc) is 3.31. The van der Waals surface area contributed by atoms with Crippen molar-refractivity contribution in [3.63, 3.8) is 0 Å². The maximum atomic E-state index is 11.0. The molecule has 0 unspecified atom stereocenters. The van der Waals surface area contributed by atoms with Gasteiger partial charge in [-0.15, -0.1) is 12.4 Å². The van der Waals surface area contributed by atoms with Crippen molar-refractivity contribution < 1.29 is 4.92 Å². The molecule has 1 aliphatic heterocycles. The molecule has 1 aromatic rings. The van der Waals surface area contributed by atoms with E-state index in [1.807, 2.05) is 12.1 Å². The van der Waals surface area contributed by atoms with E-state index >= 15 is 0 Å². The van der Waals surface area contributed by atoms with Crippen LogP contribution in [-0.4, -0.2) is 35.5 Å². The fourth-order valence-electron chi connectivity index (χ4n) is 3.01. The third-order valence-electron chi connectivity index (χ3n) is 4.56. The number of halogens is 1. The van der Waals surface area contributed by atoms with Gasteiger partial charge in [0.25, 0.3) is 5.69 Å². The van der Waals surface area contributed by atoms with E-state index in [2.05, 4.69) is 10.2 Å². The van der Waals surface area contributed by atoms with Crippen molar-refractivity contribution in [1.82, 2.24) is 10.2 Å². The minimum absolute atomic E-state index is 0. The van der Waals surface area contributed by atoms with Gasteiger partial charge in [0, 0.05) is 24.2 Å². The highest BCUT2D eigenvalue weighted by atomic mass is 35.5. The second-order valence-corrected chi connectivity index (χ2v) is 6.29. The molecule has 122 valence electrons. The molecule has 1 heterocycles. The minimum Gasteiger partial charge on any atom is -0.314 e. The number of rotatable bonds is 6. The summed E-state index contributed by atoms with van der Waals surface area (Å²) in [4.78, 5) is 13.1. The predicted octanol–water partition coefficient (Wildman–Crippen LogP) is 2.98. The first-order chi connectivity index (χ1) is 10.2. The largest absolute Gasteiger partial charge is 0.314 e. The van der Waals surface area contributed by atoms with Crippen molar-refractivity contribution >= 4 is 18.1 Å². The molecule has 1 saturated carbocycles. The van der Waals surface area contributed by atoms with Gasteiger partial charge in [-0.05, 0) is 51.2 Å². The summed E-state index contributed by atoms with van der Waals surface area (Å²) in [5, 5.41) is 14.7. The number of likely N-dealkylation sites (tertiary alicyclic amines) is 1. The van der Waals surface area contributed by atoms with Gasteiger partial charge in [0.15, 0.2) is 0 Å². The molecule has 1 aliphatic carbocycles. The van der Waals surface area contributed by atoms with Crippen LogP contribution in [0.2, 0.25) is 0 Å². The maximum Gasteiger partial charge on any atom is 0.273 e. The Morgan fingerprint density at radius 3 is 2.50 bits per heavy atom. The van der Waals surface area contributed by atoms with E-state index in [4.69, 9.17) is 0 Å². The van der Waals surface area contributed by atoms with Crippen LogP contribution in [0.4, 0.5) is 5.69 Å². The molecule has 2 aliphatic rings. The summed E-state index contributed by atoms with van der Waals surface area (Å²) >= 11 is 0. The second kappa shape index (κ2) is 7.90. The molecule has 6 heteroatoms. The number of hydrogen-bond acceptors (Lipinski definition) is 4. The number of hydrogen-bond donors (Lipinski definition) is 1. The highest BCUT2D eigenvalue weighted by Crippen LogP contribution is 2.28. The fraction of sp³-hybridized carbons (Fsp3) is 0.625. The zero-order valence-corrected chi connectivity index (χ0v) is 13.6. The minimum atomic E-state index is -0.278. The molecule has 1 N–H and O–H groups in total. The van der Waals surface area contributed by atoms with Crippen LogP contribution >= 0.6 is 12.4 Å². The van der Waals surface area contributed by atoms with Crippen molar-refractivity contribution in [1.29, 1.82) is 0 Å². The number of nitrogens with one attached hydrogen (secondary N) is 1. The first kappa shape index (κ1) is 17.2. The Balaban J connectivity index is 0.00000176. The number of para-hydroxylation sites is 1. The van der Waals surface area contributed by atoms with E-state index in [1.165, 1.54) is 19.4 Å². The summed E-state index contributed by atoms with van der Waals surface area (Å²) in [5.74, 6) is 0.926. The number of nitro groups is 1. The van der Waals surface area contributed by atoms with Gasteiger partial charge in [-0.3, -0.25) is 15.0 Å². The Morgan fingerprint density at radius 1 is 1.18 bits per heavy atom. The summed E-state index contributed by atoms with van der Waals surface area (Å²) in [5.41, 5.74) is 1.07. The molecule has 0 spiro atoms. The number of benzene rings is 1. The smallest absolute Gasteiger partial charge is 0.273 e.